The van der Waals surface area contributed by atoms with Crippen LogP contribution in [0.25, 0.3) is 0 Å². The van der Waals surface area contributed by atoms with E-state index in [-0.39, 0.29) is 12.0 Å². The van der Waals surface area contributed by atoms with E-state index in [1.54, 1.807) is 6.26 Å². The van der Waals surface area contributed by atoms with Crippen LogP contribution in [0.15, 0.2) is 42.7 Å². The molecule has 0 aromatic heterocycles. The molecule has 2 rings (SSSR count). The Kier molecular flexibility index (Phi) is 6.28. The largest absolute Gasteiger partial charge is 0.497 e. The number of rotatable bonds is 7. The van der Waals surface area contributed by atoms with Gasteiger partial charge in [-0.05, 0) is 51.1 Å². The third-order valence-corrected chi connectivity index (χ3v) is 3.54. The second-order valence-electron chi connectivity index (χ2n) is 5.49. The standard InChI is InChI=1S/C17H24N2O2/c1-19(14-16-10-5-6-13-21-16)12-7-11-17(20)18-15-8-3-2-4-9-15/h2-4,6,8-9,13,16H,5,7,10-12,14H2,1H3,(H,18,20)/t16-/m0/s1. The monoisotopic (exact) mass is 288 g/mol. The van der Waals surface area contributed by atoms with Crippen molar-refractivity contribution in [2.75, 3.05) is 25.5 Å². The number of nitrogens with one attached hydrogen (secondary N) is 1. The topological polar surface area (TPSA) is 41.6 Å². The van der Waals surface area contributed by atoms with Crippen LogP contribution in [0.4, 0.5) is 5.69 Å². The number of allylic oxidation sites excluding steroid dienone is 1. The van der Waals surface area contributed by atoms with E-state index in [9.17, 15) is 4.79 Å². The van der Waals surface area contributed by atoms with Crippen LogP contribution in [0.1, 0.15) is 25.7 Å². The van der Waals surface area contributed by atoms with E-state index in [1.165, 1.54) is 0 Å². The first-order chi connectivity index (χ1) is 10.2. The molecule has 0 spiro atoms. The number of benzene rings is 1. The summed E-state index contributed by atoms with van der Waals surface area (Å²) < 4.78 is 5.55. The Balaban J connectivity index is 1.60. The van der Waals surface area contributed by atoms with Crippen molar-refractivity contribution in [2.45, 2.75) is 31.8 Å². The van der Waals surface area contributed by atoms with Gasteiger partial charge in [0.05, 0.1) is 6.26 Å². The van der Waals surface area contributed by atoms with Crippen LogP contribution in [0, 0.1) is 0 Å². The Labute approximate surface area is 126 Å². The van der Waals surface area contributed by atoms with Crippen LogP contribution >= 0.6 is 0 Å². The van der Waals surface area contributed by atoms with Gasteiger partial charge in [0, 0.05) is 18.7 Å². The summed E-state index contributed by atoms with van der Waals surface area (Å²) >= 11 is 0. The molecule has 1 heterocycles. The molecule has 0 saturated carbocycles. The number of nitrogens with zero attached hydrogens (tertiary/aromatic N) is 1. The molecule has 0 saturated heterocycles. The molecule has 0 fully saturated rings. The number of carbonyl (C=O) groups excluding carboxylic acids is 1. The quantitative estimate of drug-likeness (QED) is 0.838. The van der Waals surface area contributed by atoms with E-state index in [2.05, 4.69) is 23.3 Å². The number of ether oxygens (including phenoxy) is 1. The van der Waals surface area contributed by atoms with E-state index in [1.807, 2.05) is 30.3 Å². The van der Waals surface area contributed by atoms with Gasteiger partial charge in [-0.25, -0.2) is 0 Å². The predicted molar refractivity (Wildman–Crippen MR) is 85.0 cm³/mol. The van der Waals surface area contributed by atoms with E-state index in [0.717, 1.165) is 38.0 Å². The van der Waals surface area contributed by atoms with E-state index in [4.69, 9.17) is 4.74 Å². The highest BCUT2D eigenvalue weighted by molar-refractivity contribution is 5.90. The minimum Gasteiger partial charge on any atom is -0.497 e. The number of carbonyl (C=O) groups is 1. The average Bonchev–Trinajstić information content (AvgIpc) is 2.49. The normalized spacial score (nSPS) is 17.5. The summed E-state index contributed by atoms with van der Waals surface area (Å²) in [5.74, 6) is 0.0754. The highest BCUT2D eigenvalue weighted by Gasteiger charge is 2.13. The van der Waals surface area contributed by atoms with Gasteiger partial charge in [0.2, 0.25) is 5.91 Å². The molecule has 114 valence electrons. The highest BCUT2D eigenvalue weighted by atomic mass is 16.5. The molecule has 1 aromatic rings. The molecule has 0 unspecified atom stereocenters. The van der Waals surface area contributed by atoms with Gasteiger partial charge in [-0.1, -0.05) is 18.2 Å². The summed E-state index contributed by atoms with van der Waals surface area (Å²) in [6.07, 6.45) is 7.73. The second kappa shape index (κ2) is 8.47. The number of anilines is 1. The molecular formula is C17H24N2O2. The molecule has 0 radical (unpaired) electrons. The first kappa shape index (κ1) is 15.6. The number of amides is 1. The summed E-state index contributed by atoms with van der Waals surface area (Å²) in [6, 6.07) is 9.58. The van der Waals surface area contributed by atoms with Crippen molar-refractivity contribution >= 4 is 11.6 Å². The van der Waals surface area contributed by atoms with Crippen LogP contribution in [0.5, 0.6) is 0 Å². The molecule has 1 aromatic carbocycles. The van der Waals surface area contributed by atoms with Gasteiger partial charge in [0.1, 0.15) is 6.10 Å². The van der Waals surface area contributed by atoms with E-state index < -0.39 is 0 Å². The number of likely N-dealkylation sites (N-methyl/N-ethyl adjacent to an activating group) is 1. The molecule has 1 N–H and O–H groups in total. The summed E-state index contributed by atoms with van der Waals surface area (Å²) in [6.45, 7) is 1.83. The fraction of sp³-hybridized carbons (Fsp3) is 0.471. The molecule has 1 amide bonds. The maximum Gasteiger partial charge on any atom is 0.224 e. The minimum absolute atomic E-state index is 0.0754. The van der Waals surface area contributed by atoms with Gasteiger partial charge in [-0.2, -0.15) is 0 Å². The van der Waals surface area contributed by atoms with Gasteiger partial charge < -0.3 is 15.0 Å². The van der Waals surface area contributed by atoms with Crippen LogP contribution in [-0.2, 0) is 9.53 Å². The van der Waals surface area contributed by atoms with E-state index >= 15 is 0 Å². The molecular weight excluding hydrogens is 264 g/mol. The zero-order chi connectivity index (χ0) is 14.9. The van der Waals surface area contributed by atoms with Crippen molar-refractivity contribution in [1.82, 2.24) is 4.90 Å². The maximum atomic E-state index is 11.8. The minimum atomic E-state index is 0.0754. The summed E-state index contributed by atoms with van der Waals surface area (Å²) in [5, 5.41) is 2.91. The Morgan fingerprint density at radius 3 is 2.90 bits per heavy atom. The fourth-order valence-electron chi connectivity index (χ4n) is 2.41. The van der Waals surface area contributed by atoms with Crippen molar-refractivity contribution in [3.63, 3.8) is 0 Å². The van der Waals surface area contributed by atoms with Gasteiger partial charge in [-0.15, -0.1) is 0 Å². The van der Waals surface area contributed by atoms with E-state index in [0.29, 0.717) is 6.42 Å². The third-order valence-electron chi connectivity index (χ3n) is 3.54. The lowest BCUT2D eigenvalue weighted by atomic mass is 10.1. The molecule has 0 bridgehead atoms. The van der Waals surface area contributed by atoms with Crippen molar-refractivity contribution in [3.05, 3.63) is 42.7 Å². The average molecular weight is 288 g/mol. The maximum absolute atomic E-state index is 11.8. The Hall–Kier alpha value is -1.81. The van der Waals surface area contributed by atoms with Gasteiger partial charge >= 0.3 is 0 Å². The smallest absolute Gasteiger partial charge is 0.224 e. The van der Waals surface area contributed by atoms with Crippen molar-refractivity contribution in [1.29, 1.82) is 0 Å². The molecule has 1 atom stereocenters. The van der Waals surface area contributed by atoms with Gasteiger partial charge in [0.25, 0.3) is 0 Å². The lowest BCUT2D eigenvalue weighted by Gasteiger charge is -2.25. The van der Waals surface area contributed by atoms with Crippen molar-refractivity contribution < 1.29 is 9.53 Å². The third kappa shape index (κ3) is 6.00. The Morgan fingerprint density at radius 2 is 2.19 bits per heavy atom. The predicted octanol–water partition coefficient (Wildman–Crippen LogP) is 3.03. The molecule has 1 aliphatic heterocycles. The van der Waals surface area contributed by atoms with Crippen molar-refractivity contribution in [3.8, 4) is 0 Å². The molecule has 21 heavy (non-hydrogen) atoms. The van der Waals surface area contributed by atoms with Crippen LogP contribution in [0.2, 0.25) is 0 Å². The summed E-state index contributed by atoms with van der Waals surface area (Å²) in [4.78, 5) is 14.1. The Bertz CT molecular complexity index is 459. The van der Waals surface area contributed by atoms with Crippen LogP contribution in [-0.4, -0.2) is 37.0 Å². The zero-order valence-electron chi connectivity index (χ0n) is 12.6. The summed E-state index contributed by atoms with van der Waals surface area (Å²) in [5.41, 5.74) is 0.859. The number of para-hydroxylation sites is 1. The summed E-state index contributed by atoms with van der Waals surface area (Å²) in [7, 11) is 2.08. The Morgan fingerprint density at radius 1 is 1.38 bits per heavy atom. The highest BCUT2D eigenvalue weighted by Crippen LogP contribution is 2.11. The first-order valence-corrected chi connectivity index (χ1v) is 7.58. The van der Waals surface area contributed by atoms with Gasteiger partial charge in [-0.3, -0.25) is 4.79 Å². The lowest BCUT2D eigenvalue weighted by molar-refractivity contribution is -0.116. The molecule has 1 aliphatic rings. The molecule has 4 nitrogen and oxygen atoms in total. The lowest BCUT2D eigenvalue weighted by Crippen LogP contribution is -2.32. The molecule has 0 aliphatic carbocycles. The molecule has 4 heteroatoms. The second-order valence-corrected chi connectivity index (χ2v) is 5.49. The van der Waals surface area contributed by atoms with Gasteiger partial charge in [0.15, 0.2) is 0 Å². The van der Waals surface area contributed by atoms with Crippen LogP contribution < -0.4 is 5.32 Å². The van der Waals surface area contributed by atoms with Crippen molar-refractivity contribution in [2.24, 2.45) is 0 Å². The SMILES string of the molecule is CN(CCCC(=O)Nc1ccccc1)C[C@@H]1CCC=CO1. The zero-order valence-corrected chi connectivity index (χ0v) is 12.6. The number of hydrogen-bond acceptors (Lipinski definition) is 3. The number of hydrogen-bond donors (Lipinski definition) is 1. The van der Waals surface area contributed by atoms with Crippen LogP contribution in [0.3, 0.4) is 0 Å². The fourth-order valence-corrected chi connectivity index (χ4v) is 2.41. The first-order valence-electron chi connectivity index (χ1n) is 7.58.